The molecule has 0 radical (unpaired) electrons. The maximum absolute atomic E-state index is 13.9. The van der Waals surface area contributed by atoms with Crippen LogP contribution in [0, 0.1) is 46.8 Å². The molecule has 0 aromatic heterocycles. The number of fused-ring (bicyclic) bond motifs is 1. The van der Waals surface area contributed by atoms with E-state index in [9.17, 15) is 19.5 Å². The molecular weight excluding hydrogens is 492 g/mol. The Labute approximate surface area is 236 Å². The number of terminal acetylenes is 1. The van der Waals surface area contributed by atoms with E-state index in [1.165, 1.54) is 6.42 Å². The minimum absolute atomic E-state index is 0.0220. The summed E-state index contributed by atoms with van der Waals surface area (Å²) in [5, 5.41) is 19.3. The summed E-state index contributed by atoms with van der Waals surface area (Å²) in [4.78, 5) is 37.4. The molecule has 6 heteroatoms. The number of carbonyl (C=O) groups excluding carboxylic acids is 1. The fourth-order valence-electron chi connectivity index (χ4n) is 8.36. The quantitative estimate of drug-likeness (QED) is 0.0796. The summed E-state index contributed by atoms with van der Waals surface area (Å²) >= 11 is 0. The Bertz CT molecular complexity index is 861. The molecule has 6 unspecified atom stereocenters. The number of ether oxygens (including phenoxy) is 1. The fourth-order valence-corrected chi connectivity index (χ4v) is 8.36. The van der Waals surface area contributed by atoms with Crippen LogP contribution in [0.1, 0.15) is 129 Å². The minimum Gasteiger partial charge on any atom is -0.481 e. The molecule has 0 amide bonds. The van der Waals surface area contributed by atoms with Gasteiger partial charge in [-0.25, -0.2) is 0 Å². The maximum Gasteiger partial charge on any atom is 0.317 e. The predicted molar refractivity (Wildman–Crippen MR) is 152 cm³/mol. The van der Waals surface area contributed by atoms with E-state index in [2.05, 4.69) is 5.92 Å². The molecule has 6 nitrogen and oxygen atoms in total. The van der Waals surface area contributed by atoms with Crippen LogP contribution in [0.3, 0.4) is 0 Å². The van der Waals surface area contributed by atoms with E-state index in [0.29, 0.717) is 37.9 Å². The van der Waals surface area contributed by atoms with Crippen molar-refractivity contribution in [3.05, 3.63) is 0 Å². The number of ketones is 1. The first-order valence-electron chi connectivity index (χ1n) is 15.9. The highest BCUT2D eigenvalue weighted by Crippen LogP contribution is 2.84. The Morgan fingerprint density at radius 1 is 0.897 bits per heavy atom. The van der Waals surface area contributed by atoms with Crippen molar-refractivity contribution >= 4 is 17.7 Å². The van der Waals surface area contributed by atoms with Gasteiger partial charge in [0.05, 0.1) is 0 Å². The van der Waals surface area contributed by atoms with Gasteiger partial charge in [-0.3, -0.25) is 14.4 Å². The molecule has 3 aliphatic rings. The van der Waals surface area contributed by atoms with Crippen molar-refractivity contribution in [3.8, 4) is 12.3 Å². The third-order valence-electron chi connectivity index (χ3n) is 10.2. The summed E-state index contributed by atoms with van der Waals surface area (Å²) < 4.78 is 5.64. The molecule has 3 aliphatic carbocycles. The molecule has 0 heterocycles. The molecular formula is C33H52O6. The van der Waals surface area contributed by atoms with Crippen molar-refractivity contribution in [1.82, 2.24) is 0 Å². The highest BCUT2D eigenvalue weighted by Gasteiger charge is 2.84. The second-order valence-electron chi connectivity index (χ2n) is 12.6. The fraction of sp³-hybridized carbons (Fsp3) is 0.848. The molecule has 6 atom stereocenters. The average Bonchev–Trinajstić information content (AvgIpc) is 3.49. The molecule has 220 valence electrons. The highest BCUT2D eigenvalue weighted by atomic mass is 16.5. The normalized spacial score (nSPS) is 30.3. The summed E-state index contributed by atoms with van der Waals surface area (Å²) in [6, 6.07) is 0. The smallest absolute Gasteiger partial charge is 0.317 e. The molecule has 0 aromatic rings. The average molecular weight is 545 g/mol. The largest absolute Gasteiger partial charge is 0.481 e. The van der Waals surface area contributed by atoms with Gasteiger partial charge >= 0.3 is 11.9 Å². The van der Waals surface area contributed by atoms with Crippen LogP contribution < -0.4 is 0 Å². The first-order chi connectivity index (χ1) is 18.9. The van der Waals surface area contributed by atoms with Crippen molar-refractivity contribution in [1.29, 1.82) is 0 Å². The van der Waals surface area contributed by atoms with E-state index in [-0.39, 0.29) is 29.5 Å². The SMILES string of the molecule is C#CCCCCCCCCCC1(C(=O)O)CC2(CCCCCCCCC(=O)O)C3C(CCOCC)C(C1=O)C32. The van der Waals surface area contributed by atoms with E-state index in [1.54, 1.807) is 0 Å². The molecule has 3 fully saturated rings. The molecule has 0 aliphatic heterocycles. The number of hydrogen-bond donors (Lipinski definition) is 2. The standard InChI is InChI=1S/C33H52O6/c1-3-5-6-7-8-9-11-15-18-22-33(31(37)38)24-32(21-17-14-12-10-13-16-19-26(34)35)28-25(20-23-39-4-2)27(29(28)32)30(33)36/h1,25,27-29H,4-24H2,2H3,(H,34,35)(H,37,38). The third kappa shape index (κ3) is 7.46. The lowest BCUT2D eigenvalue weighted by molar-refractivity contribution is -0.163. The van der Waals surface area contributed by atoms with Crippen LogP contribution in [0.15, 0.2) is 0 Å². The van der Waals surface area contributed by atoms with E-state index >= 15 is 0 Å². The van der Waals surface area contributed by atoms with E-state index in [4.69, 9.17) is 16.3 Å². The van der Waals surface area contributed by atoms with Gasteiger partial charge in [-0.15, -0.1) is 12.3 Å². The second-order valence-corrected chi connectivity index (χ2v) is 12.6. The number of hydrogen-bond acceptors (Lipinski definition) is 4. The number of unbranched alkanes of at least 4 members (excludes halogenated alkanes) is 12. The summed E-state index contributed by atoms with van der Waals surface area (Å²) in [7, 11) is 0. The molecule has 3 saturated carbocycles. The van der Waals surface area contributed by atoms with Gasteiger partial charge in [-0.1, -0.05) is 70.6 Å². The molecule has 0 saturated heterocycles. The lowest BCUT2D eigenvalue weighted by Crippen LogP contribution is -2.51. The number of aliphatic carboxylic acids is 2. The van der Waals surface area contributed by atoms with Gasteiger partial charge in [0.1, 0.15) is 5.41 Å². The zero-order valence-electron chi connectivity index (χ0n) is 24.3. The molecule has 39 heavy (non-hydrogen) atoms. The van der Waals surface area contributed by atoms with Crippen LogP contribution >= 0.6 is 0 Å². The molecule has 0 spiro atoms. The van der Waals surface area contributed by atoms with Gasteiger partial charge in [0.2, 0.25) is 0 Å². The van der Waals surface area contributed by atoms with Gasteiger partial charge in [0.15, 0.2) is 5.78 Å². The van der Waals surface area contributed by atoms with Gasteiger partial charge in [-0.2, -0.15) is 0 Å². The lowest BCUT2D eigenvalue weighted by Gasteiger charge is -2.42. The minimum atomic E-state index is -1.21. The predicted octanol–water partition coefficient (Wildman–Crippen LogP) is 7.28. The third-order valence-corrected chi connectivity index (χ3v) is 10.2. The topological polar surface area (TPSA) is 101 Å². The van der Waals surface area contributed by atoms with Crippen molar-refractivity contribution in [2.75, 3.05) is 13.2 Å². The number of carboxylic acids is 2. The van der Waals surface area contributed by atoms with Gasteiger partial charge in [0, 0.05) is 32.0 Å². The van der Waals surface area contributed by atoms with E-state index in [0.717, 1.165) is 96.3 Å². The number of rotatable bonds is 23. The highest BCUT2D eigenvalue weighted by molar-refractivity contribution is 6.06. The van der Waals surface area contributed by atoms with E-state index in [1.807, 2.05) is 6.92 Å². The van der Waals surface area contributed by atoms with Gasteiger partial charge < -0.3 is 14.9 Å². The molecule has 2 N–H and O–H groups in total. The Kier molecular flexibility index (Phi) is 12.4. The molecule has 0 bridgehead atoms. The van der Waals surface area contributed by atoms with Crippen molar-refractivity contribution in [2.24, 2.45) is 34.5 Å². The van der Waals surface area contributed by atoms with Crippen molar-refractivity contribution in [2.45, 2.75) is 129 Å². The summed E-state index contributed by atoms with van der Waals surface area (Å²) in [5.74, 6) is 2.18. The summed E-state index contributed by atoms with van der Waals surface area (Å²) in [6.45, 7) is 3.31. The first-order valence-corrected chi connectivity index (χ1v) is 15.9. The van der Waals surface area contributed by atoms with Crippen LogP contribution in [0.2, 0.25) is 0 Å². The molecule has 3 rings (SSSR count). The monoisotopic (exact) mass is 544 g/mol. The van der Waals surface area contributed by atoms with Gasteiger partial charge in [-0.05, 0) is 68.6 Å². The molecule has 0 aromatic carbocycles. The van der Waals surface area contributed by atoms with Crippen LogP contribution in [0.4, 0.5) is 0 Å². The number of Topliss-reactive ketones (excluding diaryl/α,β-unsaturated/α-hetero) is 1. The van der Waals surface area contributed by atoms with E-state index < -0.39 is 17.4 Å². The second kappa shape index (κ2) is 15.2. The van der Waals surface area contributed by atoms with Crippen molar-refractivity contribution < 1.29 is 29.3 Å². The Balaban J connectivity index is 1.55. The van der Waals surface area contributed by atoms with Crippen molar-refractivity contribution in [3.63, 3.8) is 0 Å². The zero-order valence-corrected chi connectivity index (χ0v) is 24.3. The zero-order chi connectivity index (χ0) is 28.3. The van der Waals surface area contributed by atoms with Crippen LogP contribution in [-0.2, 0) is 19.1 Å². The number of carbonyl (C=O) groups is 3. The Morgan fingerprint density at radius 2 is 1.49 bits per heavy atom. The first kappa shape index (κ1) is 31.7. The lowest BCUT2D eigenvalue weighted by atomic mass is 9.58. The van der Waals surface area contributed by atoms with Crippen LogP contribution in [-0.4, -0.2) is 41.1 Å². The maximum atomic E-state index is 13.9. The Hall–Kier alpha value is -1.87. The van der Waals surface area contributed by atoms with Gasteiger partial charge in [0.25, 0.3) is 0 Å². The summed E-state index contributed by atoms with van der Waals surface area (Å²) in [5.41, 5.74) is -1.19. The van der Waals surface area contributed by atoms with Crippen LogP contribution in [0.5, 0.6) is 0 Å². The summed E-state index contributed by atoms with van der Waals surface area (Å²) in [6.07, 6.45) is 22.7. The Morgan fingerprint density at radius 3 is 2.08 bits per heavy atom. The number of carboxylic acid groups (broad SMARTS) is 2. The van der Waals surface area contributed by atoms with Crippen LogP contribution in [0.25, 0.3) is 0 Å².